The number of imide groups is 1. The Bertz CT molecular complexity index is 1510. The molecule has 3 N–H and O–H groups in total. The number of aliphatic carboxylic acids is 1. The number of hydrogen-bond donors (Lipinski definition) is 3. The number of carbonyl (C=O) groups is 5. The number of unbranched alkanes of at least 4 members (excludes halogenated alkanes) is 15. The standard InChI is InChI=1S/C43H64ClN3O8/c1-6-7-8-9-10-11-12-13-14-15-16-17-18-19-20-21-25-47(42(51)31(2)3)41(50)29-36(43(52)53)45-33-24-22-23-32(26-33)37(48)30-40(49)46-35-28-38(54-4)34(44)27-39(35)55-5/h22-24,26-28,31,36,45H,6-21,25,29-30H2,1-5H3,(H,46,49)(H,52,53)/t36-/m0/s1. The summed E-state index contributed by atoms with van der Waals surface area (Å²) in [6, 6.07) is 7.66. The van der Waals surface area contributed by atoms with Crippen LogP contribution < -0.4 is 20.1 Å². The van der Waals surface area contributed by atoms with Crippen LogP contribution in [-0.2, 0) is 19.2 Å². The van der Waals surface area contributed by atoms with E-state index in [1.165, 1.54) is 120 Å². The number of Topliss-reactive ketones (excluding diaryl/α,β-unsaturated/α-hetero) is 1. The van der Waals surface area contributed by atoms with Crippen LogP contribution in [0.5, 0.6) is 11.5 Å². The van der Waals surface area contributed by atoms with Crippen LogP contribution in [0.25, 0.3) is 0 Å². The van der Waals surface area contributed by atoms with Gasteiger partial charge in [-0.2, -0.15) is 0 Å². The van der Waals surface area contributed by atoms with Crippen molar-refractivity contribution in [2.24, 2.45) is 5.92 Å². The van der Waals surface area contributed by atoms with E-state index in [2.05, 4.69) is 17.6 Å². The minimum Gasteiger partial charge on any atom is -0.495 e. The third-order valence-corrected chi connectivity index (χ3v) is 9.86. The van der Waals surface area contributed by atoms with E-state index in [0.29, 0.717) is 12.2 Å². The van der Waals surface area contributed by atoms with E-state index in [-0.39, 0.29) is 40.2 Å². The summed E-state index contributed by atoms with van der Waals surface area (Å²) < 4.78 is 10.5. The minimum absolute atomic E-state index is 0.163. The summed E-state index contributed by atoms with van der Waals surface area (Å²) in [5, 5.41) is 15.7. The van der Waals surface area contributed by atoms with Gasteiger partial charge in [0.1, 0.15) is 17.5 Å². The van der Waals surface area contributed by atoms with Crippen LogP contribution in [0.2, 0.25) is 5.02 Å². The Hall–Kier alpha value is -4.12. The average molecular weight is 786 g/mol. The highest BCUT2D eigenvalue weighted by Gasteiger charge is 2.29. The smallest absolute Gasteiger partial charge is 0.326 e. The largest absolute Gasteiger partial charge is 0.495 e. The van der Waals surface area contributed by atoms with Gasteiger partial charge in [0.15, 0.2) is 5.78 Å². The van der Waals surface area contributed by atoms with Crippen LogP contribution in [0.15, 0.2) is 36.4 Å². The second-order valence-electron chi connectivity index (χ2n) is 14.5. The molecule has 306 valence electrons. The van der Waals surface area contributed by atoms with E-state index in [4.69, 9.17) is 21.1 Å². The number of amides is 3. The van der Waals surface area contributed by atoms with Crippen LogP contribution in [-0.4, -0.2) is 66.3 Å². The molecule has 0 aromatic heterocycles. The normalized spacial score (nSPS) is 11.5. The molecule has 0 radical (unpaired) electrons. The van der Waals surface area contributed by atoms with Gasteiger partial charge in [-0.25, -0.2) is 4.79 Å². The van der Waals surface area contributed by atoms with Crippen LogP contribution in [0.4, 0.5) is 11.4 Å². The fourth-order valence-electron chi connectivity index (χ4n) is 6.36. The number of hydrogen-bond acceptors (Lipinski definition) is 8. The molecule has 55 heavy (non-hydrogen) atoms. The van der Waals surface area contributed by atoms with Crippen molar-refractivity contribution in [2.75, 3.05) is 31.4 Å². The number of nitrogens with one attached hydrogen (secondary N) is 2. The summed E-state index contributed by atoms with van der Waals surface area (Å²) in [6.45, 7) is 5.92. The Labute approximate surface area is 333 Å². The third kappa shape index (κ3) is 17.9. The minimum atomic E-state index is -1.36. The molecule has 0 bridgehead atoms. The van der Waals surface area contributed by atoms with E-state index in [1.54, 1.807) is 26.0 Å². The summed E-state index contributed by atoms with van der Waals surface area (Å²) >= 11 is 6.14. The Morgan fingerprint density at radius 3 is 1.82 bits per heavy atom. The Kier molecular flexibility index (Phi) is 22.8. The molecule has 3 amide bonds. The molecular weight excluding hydrogens is 722 g/mol. The average Bonchev–Trinajstić information content (AvgIpc) is 3.15. The molecule has 1 atom stereocenters. The van der Waals surface area contributed by atoms with Crippen molar-refractivity contribution in [3.8, 4) is 11.5 Å². The van der Waals surface area contributed by atoms with Crippen LogP contribution in [0.3, 0.4) is 0 Å². The number of rotatable bonds is 29. The summed E-state index contributed by atoms with van der Waals surface area (Å²) in [5.41, 5.74) is 0.706. The summed E-state index contributed by atoms with van der Waals surface area (Å²) in [4.78, 5) is 65.8. The molecule has 0 unspecified atom stereocenters. The van der Waals surface area contributed by atoms with Gasteiger partial charge < -0.3 is 25.2 Å². The number of carboxylic acid groups (broad SMARTS) is 1. The van der Waals surface area contributed by atoms with Crippen molar-refractivity contribution in [2.45, 2.75) is 142 Å². The zero-order valence-corrected chi connectivity index (χ0v) is 34.4. The van der Waals surface area contributed by atoms with Gasteiger partial charge in [-0.3, -0.25) is 24.1 Å². The molecule has 12 heteroatoms. The molecular formula is C43H64ClN3O8. The Morgan fingerprint density at radius 1 is 0.764 bits per heavy atom. The highest BCUT2D eigenvalue weighted by atomic mass is 35.5. The van der Waals surface area contributed by atoms with E-state index < -0.39 is 48.4 Å². The van der Waals surface area contributed by atoms with E-state index in [9.17, 15) is 29.1 Å². The van der Waals surface area contributed by atoms with Crippen molar-refractivity contribution < 1.29 is 38.6 Å². The van der Waals surface area contributed by atoms with Gasteiger partial charge >= 0.3 is 5.97 Å². The van der Waals surface area contributed by atoms with Gasteiger partial charge in [-0.05, 0) is 18.6 Å². The van der Waals surface area contributed by atoms with E-state index >= 15 is 0 Å². The van der Waals surface area contributed by atoms with Gasteiger partial charge in [-0.15, -0.1) is 0 Å². The molecule has 0 fully saturated rings. The molecule has 0 aliphatic carbocycles. The highest BCUT2D eigenvalue weighted by molar-refractivity contribution is 6.32. The van der Waals surface area contributed by atoms with Gasteiger partial charge in [0.25, 0.3) is 0 Å². The number of ether oxygens (including phenoxy) is 2. The Morgan fingerprint density at radius 2 is 1.31 bits per heavy atom. The summed E-state index contributed by atoms with van der Waals surface area (Å²) in [7, 11) is 2.84. The molecule has 2 aromatic carbocycles. The maximum Gasteiger partial charge on any atom is 0.326 e. The first kappa shape index (κ1) is 47.0. The fourth-order valence-corrected chi connectivity index (χ4v) is 6.59. The lowest BCUT2D eigenvalue weighted by Gasteiger charge is -2.25. The number of methoxy groups -OCH3 is 2. The number of ketones is 1. The van der Waals surface area contributed by atoms with E-state index in [0.717, 1.165) is 19.3 Å². The molecule has 0 aliphatic rings. The van der Waals surface area contributed by atoms with Gasteiger partial charge in [0.05, 0.1) is 37.8 Å². The Balaban J connectivity index is 1.86. The van der Waals surface area contributed by atoms with Crippen molar-refractivity contribution in [1.29, 1.82) is 0 Å². The van der Waals surface area contributed by atoms with Gasteiger partial charge in [-0.1, -0.05) is 141 Å². The first-order chi connectivity index (χ1) is 26.4. The highest BCUT2D eigenvalue weighted by Crippen LogP contribution is 2.36. The number of carbonyl (C=O) groups excluding carboxylic acids is 4. The predicted octanol–water partition coefficient (Wildman–Crippen LogP) is 10.1. The lowest BCUT2D eigenvalue weighted by atomic mass is 10.0. The zero-order valence-electron chi connectivity index (χ0n) is 33.7. The summed E-state index contributed by atoms with van der Waals surface area (Å²) in [6.07, 6.45) is 18.5. The van der Waals surface area contributed by atoms with Crippen LogP contribution in [0.1, 0.15) is 147 Å². The molecule has 0 saturated heterocycles. The number of nitrogens with zero attached hydrogens (tertiary/aromatic N) is 1. The monoisotopic (exact) mass is 785 g/mol. The van der Waals surface area contributed by atoms with E-state index in [1.807, 2.05) is 0 Å². The molecule has 2 rings (SSSR count). The molecule has 0 heterocycles. The van der Waals surface area contributed by atoms with Gasteiger partial charge in [0.2, 0.25) is 17.7 Å². The first-order valence-electron chi connectivity index (χ1n) is 20.1. The molecule has 11 nitrogen and oxygen atoms in total. The first-order valence-corrected chi connectivity index (χ1v) is 20.5. The quantitative estimate of drug-likeness (QED) is 0.0416. The zero-order chi connectivity index (χ0) is 40.6. The maximum absolute atomic E-state index is 13.4. The SMILES string of the molecule is CCCCCCCCCCCCCCCCCCN(C(=O)C[C@H](Nc1cccc(C(=O)CC(=O)Nc2cc(OC)c(Cl)cc2OC)c1)C(=O)O)C(=O)C(C)C. The molecule has 0 aliphatic heterocycles. The van der Waals surface area contributed by atoms with Crippen molar-refractivity contribution >= 4 is 52.4 Å². The van der Waals surface area contributed by atoms with Crippen molar-refractivity contribution in [3.63, 3.8) is 0 Å². The molecule has 0 spiro atoms. The molecule has 2 aromatic rings. The molecule has 0 saturated carbocycles. The van der Waals surface area contributed by atoms with Crippen LogP contribution in [0, 0.1) is 5.92 Å². The number of halogens is 1. The fraction of sp³-hybridized carbons (Fsp3) is 0.605. The second-order valence-corrected chi connectivity index (χ2v) is 14.9. The summed E-state index contributed by atoms with van der Waals surface area (Å²) in [5.74, 6) is -3.15. The topological polar surface area (TPSA) is 151 Å². The lowest BCUT2D eigenvalue weighted by Crippen LogP contribution is -2.44. The maximum atomic E-state index is 13.4. The number of anilines is 2. The lowest BCUT2D eigenvalue weighted by molar-refractivity contribution is -0.149. The van der Waals surface area contributed by atoms with Gasteiger partial charge in [0, 0.05) is 35.8 Å². The van der Waals surface area contributed by atoms with Crippen molar-refractivity contribution in [1.82, 2.24) is 4.90 Å². The number of carboxylic acids is 1. The van der Waals surface area contributed by atoms with Crippen LogP contribution >= 0.6 is 11.6 Å². The second kappa shape index (κ2) is 26.6. The predicted molar refractivity (Wildman–Crippen MR) is 219 cm³/mol. The third-order valence-electron chi connectivity index (χ3n) is 9.57. The number of benzene rings is 2. The van der Waals surface area contributed by atoms with Crippen molar-refractivity contribution in [3.05, 3.63) is 47.0 Å².